The maximum Gasteiger partial charge on any atom is 0.328 e. The van der Waals surface area contributed by atoms with Gasteiger partial charge in [0.25, 0.3) is 0 Å². The molecule has 0 saturated carbocycles. The third-order valence-electron chi connectivity index (χ3n) is 5.52. The fraction of sp³-hybridized carbons (Fsp3) is 0.471. The summed E-state index contributed by atoms with van der Waals surface area (Å²) < 4.78 is 0. The summed E-state index contributed by atoms with van der Waals surface area (Å²) in [5, 5.41) is 4.62. The molecule has 126 valence electrons. The fourth-order valence-electron chi connectivity index (χ4n) is 4.22. The van der Waals surface area contributed by atoms with E-state index < -0.39 is 23.3 Å². The van der Waals surface area contributed by atoms with Gasteiger partial charge in [-0.3, -0.25) is 25.1 Å². The van der Waals surface area contributed by atoms with Gasteiger partial charge in [-0.15, -0.1) is 0 Å². The van der Waals surface area contributed by atoms with E-state index in [2.05, 4.69) is 27.4 Å². The maximum absolute atomic E-state index is 12.8. The molecule has 2 saturated heterocycles. The van der Waals surface area contributed by atoms with Crippen LogP contribution in [0.5, 0.6) is 0 Å². The Morgan fingerprint density at radius 2 is 1.83 bits per heavy atom. The Morgan fingerprint density at radius 1 is 1.12 bits per heavy atom. The minimum atomic E-state index is -1.27. The average Bonchev–Trinajstić information content (AvgIpc) is 2.59. The van der Waals surface area contributed by atoms with Crippen LogP contribution in [0, 0.1) is 5.41 Å². The summed E-state index contributed by atoms with van der Waals surface area (Å²) in [6.07, 6.45) is 0.312. The van der Waals surface area contributed by atoms with Crippen LogP contribution in [0.3, 0.4) is 0 Å². The molecule has 0 aromatic heterocycles. The first kappa shape index (κ1) is 15.1. The minimum Gasteiger partial charge on any atom is -0.364 e. The molecule has 1 aromatic rings. The van der Waals surface area contributed by atoms with Crippen LogP contribution in [0.25, 0.3) is 0 Å². The summed E-state index contributed by atoms with van der Waals surface area (Å²) in [6.45, 7) is 5.21. The van der Waals surface area contributed by atoms with Crippen LogP contribution in [0.4, 0.5) is 10.5 Å². The molecule has 2 fully saturated rings. The van der Waals surface area contributed by atoms with E-state index in [1.807, 2.05) is 24.3 Å². The number of carbonyl (C=O) groups is 3. The van der Waals surface area contributed by atoms with Crippen LogP contribution in [0.1, 0.15) is 12.5 Å². The normalized spacial score (nSPS) is 25.8. The molecule has 3 aliphatic rings. The molecule has 3 heterocycles. The molecule has 1 spiro atoms. The van der Waals surface area contributed by atoms with Crippen molar-refractivity contribution in [2.75, 3.05) is 31.1 Å². The molecule has 0 aliphatic carbocycles. The van der Waals surface area contributed by atoms with Crippen molar-refractivity contribution in [2.45, 2.75) is 19.4 Å². The highest BCUT2D eigenvalue weighted by molar-refractivity contribution is 6.20. The Bertz CT molecular complexity index is 712. The molecule has 7 nitrogen and oxygen atoms in total. The van der Waals surface area contributed by atoms with E-state index in [-0.39, 0.29) is 6.04 Å². The quantitative estimate of drug-likeness (QED) is 0.715. The van der Waals surface area contributed by atoms with Crippen LogP contribution in [0.2, 0.25) is 0 Å². The highest BCUT2D eigenvalue weighted by Gasteiger charge is 2.60. The summed E-state index contributed by atoms with van der Waals surface area (Å²) in [4.78, 5) is 41.6. The first-order valence-electron chi connectivity index (χ1n) is 8.30. The lowest BCUT2D eigenvalue weighted by Crippen LogP contribution is -2.74. The largest absolute Gasteiger partial charge is 0.364 e. The monoisotopic (exact) mass is 328 g/mol. The van der Waals surface area contributed by atoms with Gasteiger partial charge in [-0.25, -0.2) is 4.79 Å². The molecule has 4 rings (SSSR count). The number of urea groups is 1. The number of barbiturate groups is 1. The number of likely N-dealkylation sites (N-methyl/N-ethyl adjacent to an activating group) is 1. The number of nitrogens with zero attached hydrogens (tertiary/aromatic N) is 2. The molecular weight excluding hydrogens is 308 g/mol. The van der Waals surface area contributed by atoms with Gasteiger partial charge in [0.15, 0.2) is 5.41 Å². The molecule has 0 bridgehead atoms. The molecule has 4 amide bonds. The Hall–Kier alpha value is -2.41. The van der Waals surface area contributed by atoms with Gasteiger partial charge >= 0.3 is 6.03 Å². The zero-order chi connectivity index (χ0) is 16.9. The van der Waals surface area contributed by atoms with Crippen molar-refractivity contribution < 1.29 is 14.4 Å². The number of benzene rings is 1. The Balaban J connectivity index is 1.85. The number of imide groups is 2. The van der Waals surface area contributed by atoms with Gasteiger partial charge in [0, 0.05) is 25.3 Å². The van der Waals surface area contributed by atoms with E-state index in [9.17, 15) is 14.4 Å². The van der Waals surface area contributed by atoms with Gasteiger partial charge in [-0.1, -0.05) is 25.1 Å². The number of amides is 4. The Labute approximate surface area is 140 Å². The van der Waals surface area contributed by atoms with Crippen molar-refractivity contribution in [2.24, 2.45) is 5.41 Å². The third-order valence-corrected chi connectivity index (χ3v) is 5.52. The van der Waals surface area contributed by atoms with Crippen molar-refractivity contribution in [3.63, 3.8) is 0 Å². The van der Waals surface area contributed by atoms with E-state index in [0.717, 1.165) is 30.9 Å². The molecule has 24 heavy (non-hydrogen) atoms. The number of rotatable bonds is 1. The minimum absolute atomic E-state index is 0.283. The van der Waals surface area contributed by atoms with Gasteiger partial charge in [-0.05, 0) is 24.6 Å². The second kappa shape index (κ2) is 5.31. The van der Waals surface area contributed by atoms with E-state index >= 15 is 0 Å². The molecular formula is C17H20N4O3. The molecule has 0 radical (unpaired) electrons. The lowest BCUT2D eigenvalue weighted by atomic mass is 9.68. The van der Waals surface area contributed by atoms with Crippen molar-refractivity contribution >= 4 is 23.5 Å². The van der Waals surface area contributed by atoms with Crippen LogP contribution < -0.4 is 15.5 Å². The van der Waals surface area contributed by atoms with Crippen molar-refractivity contribution in [1.82, 2.24) is 15.5 Å². The summed E-state index contributed by atoms with van der Waals surface area (Å²) >= 11 is 0. The smallest absolute Gasteiger partial charge is 0.328 e. The topological polar surface area (TPSA) is 81.8 Å². The first-order valence-corrected chi connectivity index (χ1v) is 8.30. The summed E-state index contributed by atoms with van der Waals surface area (Å²) in [7, 11) is 0. The van der Waals surface area contributed by atoms with Gasteiger partial charge in [0.05, 0.1) is 6.04 Å². The second-order valence-corrected chi connectivity index (χ2v) is 6.62. The lowest BCUT2D eigenvalue weighted by Gasteiger charge is -2.54. The summed E-state index contributed by atoms with van der Waals surface area (Å²) in [6, 6.07) is 6.87. The third kappa shape index (κ3) is 1.97. The highest BCUT2D eigenvalue weighted by Crippen LogP contribution is 2.44. The van der Waals surface area contributed by atoms with Gasteiger partial charge < -0.3 is 4.90 Å². The molecule has 2 N–H and O–H groups in total. The van der Waals surface area contributed by atoms with Crippen molar-refractivity contribution in [1.29, 1.82) is 0 Å². The number of anilines is 1. The molecule has 1 unspecified atom stereocenters. The van der Waals surface area contributed by atoms with Crippen molar-refractivity contribution in [3.8, 4) is 0 Å². The number of para-hydroxylation sites is 1. The Kier molecular flexibility index (Phi) is 3.35. The van der Waals surface area contributed by atoms with E-state index in [1.165, 1.54) is 0 Å². The maximum atomic E-state index is 12.8. The average molecular weight is 328 g/mol. The van der Waals surface area contributed by atoms with Gasteiger partial charge in [0.1, 0.15) is 0 Å². The highest BCUT2D eigenvalue weighted by atomic mass is 16.2. The number of nitrogens with one attached hydrogen (secondary N) is 2. The number of carbonyl (C=O) groups excluding carboxylic acids is 3. The zero-order valence-corrected chi connectivity index (χ0v) is 13.5. The number of hydrogen-bond acceptors (Lipinski definition) is 5. The molecule has 1 aromatic carbocycles. The number of fused-ring (bicyclic) bond motifs is 4. The molecule has 7 heteroatoms. The van der Waals surface area contributed by atoms with Gasteiger partial charge in [-0.2, -0.15) is 0 Å². The number of hydrogen-bond donors (Lipinski definition) is 2. The SMILES string of the molecule is CCN1CCN2c3ccccc3CC3(C(=O)NC(=O)NC3=O)C2C1. The summed E-state index contributed by atoms with van der Waals surface area (Å²) in [5.41, 5.74) is 0.788. The molecule has 3 aliphatic heterocycles. The van der Waals surface area contributed by atoms with Gasteiger partial charge in [0.2, 0.25) is 11.8 Å². The van der Waals surface area contributed by atoms with Crippen molar-refractivity contribution in [3.05, 3.63) is 29.8 Å². The first-order chi connectivity index (χ1) is 11.6. The summed E-state index contributed by atoms with van der Waals surface area (Å²) in [5.74, 6) is -0.975. The van der Waals surface area contributed by atoms with E-state index in [4.69, 9.17) is 0 Å². The predicted molar refractivity (Wildman–Crippen MR) is 87.5 cm³/mol. The second-order valence-electron chi connectivity index (χ2n) is 6.62. The van der Waals surface area contributed by atoms with Crippen LogP contribution in [0.15, 0.2) is 24.3 Å². The zero-order valence-electron chi connectivity index (χ0n) is 13.5. The van der Waals surface area contributed by atoms with E-state index in [1.54, 1.807) is 0 Å². The van der Waals surface area contributed by atoms with Crippen LogP contribution in [-0.2, 0) is 16.0 Å². The molecule has 1 atom stereocenters. The number of piperazine rings is 1. The standard InChI is InChI=1S/C17H20N4O3/c1-2-20-7-8-21-12-6-4-3-5-11(12)9-17(13(21)10-20)14(22)18-16(24)19-15(17)23/h3-6,13H,2,7-10H2,1H3,(H2,18,19,22,23,24). The van der Waals surface area contributed by atoms with E-state index in [0.29, 0.717) is 13.0 Å². The van der Waals surface area contributed by atoms with Crippen LogP contribution in [-0.4, -0.2) is 55.0 Å². The lowest BCUT2D eigenvalue weighted by molar-refractivity contribution is -0.147. The fourth-order valence-corrected chi connectivity index (χ4v) is 4.22. The Morgan fingerprint density at radius 3 is 2.54 bits per heavy atom. The predicted octanol–water partition coefficient (Wildman–Crippen LogP) is 0.106. The van der Waals surface area contributed by atoms with Crippen LogP contribution >= 0.6 is 0 Å².